The van der Waals surface area contributed by atoms with Crippen LogP contribution in [0.4, 0.5) is 11.4 Å². The van der Waals surface area contributed by atoms with Crippen molar-refractivity contribution in [1.82, 2.24) is 10.3 Å². The van der Waals surface area contributed by atoms with E-state index in [0.29, 0.717) is 10.8 Å². The second-order valence-corrected chi connectivity index (χ2v) is 11.0. The van der Waals surface area contributed by atoms with E-state index in [4.69, 9.17) is 12.2 Å². The second kappa shape index (κ2) is 8.26. The average molecular weight is 524 g/mol. The molecule has 1 saturated heterocycles. The van der Waals surface area contributed by atoms with Crippen molar-refractivity contribution in [2.45, 2.75) is 19.0 Å². The molecule has 30 heavy (non-hydrogen) atoms. The number of sulfonamides is 1. The van der Waals surface area contributed by atoms with E-state index in [-0.39, 0.29) is 12.1 Å². The molecule has 4 rings (SSSR count). The highest BCUT2D eigenvalue weighted by Crippen LogP contribution is 2.44. The Morgan fingerprint density at radius 2 is 2.07 bits per heavy atom. The van der Waals surface area contributed by atoms with Crippen LogP contribution >= 0.6 is 39.5 Å². The van der Waals surface area contributed by atoms with Gasteiger partial charge in [-0.2, -0.15) is 0 Å². The van der Waals surface area contributed by atoms with E-state index in [1.807, 2.05) is 37.3 Å². The van der Waals surface area contributed by atoms with E-state index in [2.05, 4.69) is 47.3 Å². The maximum atomic E-state index is 11.6. The number of pyridine rings is 1. The zero-order chi connectivity index (χ0) is 21.5. The fourth-order valence-electron chi connectivity index (χ4n) is 3.52. The van der Waals surface area contributed by atoms with Crippen molar-refractivity contribution in [3.05, 3.63) is 74.6 Å². The molecule has 0 bridgehead atoms. The van der Waals surface area contributed by atoms with Crippen LogP contribution in [0.15, 0.2) is 58.5 Å². The van der Waals surface area contributed by atoms with Gasteiger partial charge in [0.25, 0.3) is 0 Å². The number of hydrogen-bond donors (Lipinski definition) is 2. The minimum Gasteiger partial charge on any atom is -0.351 e. The first-order chi connectivity index (χ1) is 14.2. The summed E-state index contributed by atoms with van der Waals surface area (Å²) in [6, 6.07) is 13.3. The van der Waals surface area contributed by atoms with Gasteiger partial charge in [-0.3, -0.25) is 9.71 Å². The Morgan fingerprint density at radius 1 is 1.27 bits per heavy atom. The molecule has 1 fully saturated rings. The predicted molar refractivity (Wildman–Crippen MR) is 130 cm³/mol. The number of aryl methyl sites for hydroxylation is 1. The number of nitrogens with one attached hydrogen (secondary N) is 2. The number of thiophene rings is 1. The number of nitrogens with zero attached hydrogens (tertiary/aromatic N) is 2. The van der Waals surface area contributed by atoms with E-state index in [0.717, 1.165) is 32.6 Å². The van der Waals surface area contributed by atoms with Crippen LogP contribution < -0.4 is 14.9 Å². The normalized spacial score (nSPS) is 19.0. The van der Waals surface area contributed by atoms with Gasteiger partial charge >= 0.3 is 0 Å². The van der Waals surface area contributed by atoms with Gasteiger partial charge in [0.2, 0.25) is 10.0 Å². The van der Waals surface area contributed by atoms with E-state index in [9.17, 15) is 8.42 Å². The molecule has 6 nitrogen and oxygen atoms in total. The van der Waals surface area contributed by atoms with E-state index in [1.165, 1.54) is 0 Å². The summed E-state index contributed by atoms with van der Waals surface area (Å²) in [7, 11) is -3.35. The zero-order valence-electron chi connectivity index (χ0n) is 16.2. The van der Waals surface area contributed by atoms with Crippen LogP contribution in [0.1, 0.15) is 28.2 Å². The highest BCUT2D eigenvalue weighted by Gasteiger charge is 2.41. The summed E-state index contributed by atoms with van der Waals surface area (Å²) in [4.78, 5) is 7.76. The summed E-state index contributed by atoms with van der Waals surface area (Å²) in [6.45, 7) is 1.87. The van der Waals surface area contributed by atoms with Crippen LogP contribution in [0.5, 0.6) is 0 Å². The Hall–Kier alpha value is -2.01. The fraction of sp³-hybridized carbons (Fsp3) is 0.200. The molecule has 3 aromatic rings. The van der Waals surface area contributed by atoms with Gasteiger partial charge in [0.05, 0.1) is 29.7 Å². The van der Waals surface area contributed by atoms with E-state index >= 15 is 0 Å². The predicted octanol–water partition coefficient (Wildman–Crippen LogP) is 4.76. The number of thiocarbonyl (C=S) groups is 1. The lowest BCUT2D eigenvalue weighted by atomic mass is 10.0. The second-order valence-electron chi connectivity index (χ2n) is 7.04. The highest BCUT2D eigenvalue weighted by molar-refractivity contribution is 9.10. The van der Waals surface area contributed by atoms with E-state index in [1.54, 1.807) is 23.6 Å². The molecule has 2 atom stereocenters. The molecule has 2 aromatic heterocycles. The van der Waals surface area contributed by atoms with Crippen molar-refractivity contribution in [3.63, 3.8) is 0 Å². The van der Waals surface area contributed by atoms with Gasteiger partial charge in [-0.25, -0.2) is 8.42 Å². The lowest BCUT2D eigenvalue weighted by Gasteiger charge is -2.27. The molecular weight excluding hydrogens is 504 g/mol. The quantitative estimate of drug-likeness (QED) is 0.470. The van der Waals surface area contributed by atoms with Gasteiger partial charge in [-0.1, -0.05) is 6.07 Å². The van der Waals surface area contributed by atoms with Crippen LogP contribution in [-0.4, -0.2) is 24.8 Å². The largest absolute Gasteiger partial charge is 0.351 e. The topological polar surface area (TPSA) is 74.3 Å². The summed E-state index contributed by atoms with van der Waals surface area (Å²) in [5, 5.41) is 6.07. The number of benzene rings is 1. The van der Waals surface area contributed by atoms with Crippen LogP contribution in [-0.2, 0) is 10.0 Å². The minimum absolute atomic E-state index is 0.0863. The first-order valence-corrected chi connectivity index (χ1v) is 13.0. The number of hydrogen-bond acceptors (Lipinski definition) is 5. The number of halogens is 1. The monoisotopic (exact) mass is 522 g/mol. The van der Waals surface area contributed by atoms with Crippen molar-refractivity contribution in [2.75, 3.05) is 15.9 Å². The average Bonchev–Trinajstić information content (AvgIpc) is 3.26. The highest BCUT2D eigenvalue weighted by atomic mass is 79.9. The molecule has 0 radical (unpaired) electrons. The molecule has 0 spiro atoms. The van der Waals surface area contributed by atoms with E-state index < -0.39 is 10.0 Å². The summed E-state index contributed by atoms with van der Waals surface area (Å²) < 4.78 is 26.8. The van der Waals surface area contributed by atoms with Crippen molar-refractivity contribution in [3.8, 4) is 0 Å². The molecule has 156 valence electrons. The van der Waals surface area contributed by atoms with Gasteiger partial charge in [-0.15, -0.1) is 11.3 Å². The van der Waals surface area contributed by atoms with Crippen molar-refractivity contribution >= 4 is 66.0 Å². The fourth-order valence-corrected chi connectivity index (χ4v) is 6.06. The van der Waals surface area contributed by atoms with Gasteiger partial charge in [-0.05, 0) is 77.0 Å². The lowest BCUT2D eigenvalue weighted by molar-refractivity contribution is 0.575. The zero-order valence-corrected chi connectivity index (χ0v) is 20.2. The molecule has 0 saturated carbocycles. The van der Waals surface area contributed by atoms with Crippen molar-refractivity contribution < 1.29 is 8.42 Å². The Kier molecular flexibility index (Phi) is 5.84. The molecule has 0 amide bonds. The summed E-state index contributed by atoms with van der Waals surface area (Å²) in [6.07, 6.45) is 2.92. The van der Waals surface area contributed by atoms with Gasteiger partial charge in [0, 0.05) is 26.6 Å². The smallest absolute Gasteiger partial charge is 0.229 e. The first-order valence-electron chi connectivity index (χ1n) is 9.06. The van der Waals surface area contributed by atoms with Crippen LogP contribution in [0.2, 0.25) is 0 Å². The molecular formula is C20H19BrN4O2S3. The standard InChI is InChI=1S/C20H19BrN4O2S3/c1-12-9-14(6-7-15(12)24-30(2,26)27)25-19(17-10-13(21)11-29-17)18(23-20(25)28)16-5-3-4-8-22-16/h3-11,18-19,24H,1-2H3,(H,23,28)/t18-,19+/m0/s1. The Bertz CT molecular complexity index is 1200. The number of anilines is 2. The molecule has 1 aliphatic rings. The summed E-state index contributed by atoms with van der Waals surface area (Å²) >= 11 is 10.9. The maximum Gasteiger partial charge on any atom is 0.229 e. The van der Waals surface area contributed by atoms with Crippen LogP contribution in [0.3, 0.4) is 0 Å². The third-order valence-corrected chi connectivity index (χ3v) is 7.43. The molecule has 2 N–H and O–H groups in total. The molecule has 0 aliphatic carbocycles. The van der Waals surface area contributed by atoms with Gasteiger partial charge < -0.3 is 10.2 Å². The third kappa shape index (κ3) is 4.36. The lowest BCUT2D eigenvalue weighted by Crippen LogP contribution is -2.29. The Labute approximate surface area is 193 Å². The first kappa shape index (κ1) is 21.2. The molecule has 1 aromatic carbocycles. The Balaban J connectivity index is 1.77. The van der Waals surface area contributed by atoms with Gasteiger partial charge in [0.1, 0.15) is 0 Å². The number of aromatic nitrogens is 1. The molecule has 3 heterocycles. The molecule has 10 heteroatoms. The summed E-state index contributed by atoms with van der Waals surface area (Å²) in [5.74, 6) is 0. The van der Waals surface area contributed by atoms with Crippen LogP contribution in [0, 0.1) is 6.92 Å². The van der Waals surface area contributed by atoms with Gasteiger partial charge in [0.15, 0.2) is 5.11 Å². The Morgan fingerprint density at radius 3 is 2.67 bits per heavy atom. The SMILES string of the molecule is Cc1cc(N2C(=S)N[C@@H](c3ccccn3)[C@H]2c2cc(Br)cs2)ccc1NS(C)(=O)=O. The number of rotatable bonds is 5. The van der Waals surface area contributed by atoms with Crippen molar-refractivity contribution in [2.24, 2.45) is 0 Å². The molecule has 1 aliphatic heterocycles. The van der Waals surface area contributed by atoms with Crippen molar-refractivity contribution in [1.29, 1.82) is 0 Å². The summed E-state index contributed by atoms with van der Waals surface area (Å²) in [5.41, 5.74) is 3.16. The minimum atomic E-state index is -3.35. The third-order valence-electron chi connectivity index (χ3n) is 4.76. The maximum absolute atomic E-state index is 11.6. The molecule has 0 unspecified atom stereocenters. The van der Waals surface area contributed by atoms with Crippen LogP contribution in [0.25, 0.3) is 0 Å².